The average molecular weight is 300 g/mol. The molecule has 0 saturated carbocycles. The summed E-state index contributed by atoms with van der Waals surface area (Å²) in [6.45, 7) is 1.79. The lowest BCUT2D eigenvalue weighted by Crippen LogP contribution is -2.17. The fourth-order valence-corrected chi connectivity index (χ4v) is 2.27. The molecule has 0 saturated heterocycles. The fraction of sp³-hybridized carbons (Fsp3) is 0.250. The Balaban J connectivity index is 2.63. The van der Waals surface area contributed by atoms with Crippen LogP contribution in [-0.4, -0.2) is 15.6 Å². The molecule has 1 aromatic carbocycles. The number of hydrogen-bond donors (Lipinski definition) is 1. The molecule has 0 aliphatic heterocycles. The lowest BCUT2D eigenvalue weighted by atomic mass is 10.2. The number of carboxylic acid groups (broad SMARTS) is 1. The van der Waals surface area contributed by atoms with Gasteiger partial charge in [-0.2, -0.15) is 0 Å². The monoisotopic (exact) mass is 299 g/mol. The van der Waals surface area contributed by atoms with Crippen LogP contribution in [0, 0.1) is 5.82 Å². The number of benzene rings is 1. The van der Waals surface area contributed by atoms with Crippen molar-refractivity contribution in [2.75, 3.05) is 0 Å². The molecule has 5 heteroatoms. The molecule has 3 nitrogen and oxygen atoms in total. The van der Waals surface area contributed by atoms with Crippen molar-refractivity contribution in [1.82, 2.24) is 4.57 Å². The Morgan fingerprint density at radius 1 is 1.59 bits per heavy atom. The maximum atomic E-state index is 13.5. The van der Waals surface area contributed by atoms with E-state index in [4.69, 9.17) is 5.11 Å². The van der Waals surface area contributed by atoms with Crippen molar-refractivity contribution in [1.29, 1.82) is 0 Å². The summed E-state index contributed by atoms with van der Waals surface area (Å²) in [5.41, 5.74) is 0.597. The molecule has 0 radical (unpaired) electrons. The summed E-state index contributed by atoms with van der Waals surface area (Å²) >= 11 is 3.11. The van der Waals surface area contributed by atoms with Crippen LogP contribution in [0.25, 0.3) is 10.9 Å². The SMILES string of the molecule is CCC(C(=O)O)n1ccc2cc(Br)c(F)cc21. The summed E-state index contributed by atoms with van der Waals surface area (Å²) in [5, 5.41) is 9.92. The molecular formula is C12H11BrFNO2. The van der Waals surface area contributed by atoms with Gasteiger partial charge in [0.25, 0.3) is 0 Å². The van der Waals surface area contributed by atoms with Gasteiger partial charge in [-0.15, -0.1) is 0 Å². The van der Waals surface area contributed by atoms with E-state index in [1.807, 2.05) is 0 Å². The third-order valence-electron chi connectivity index (χ3n) is 2.77. The first-order valence-electron chi connectivity index (χ1n) is 5.23. The van der Waals surface area contributed by atoms with E-state index in [1.165, 1.54) is 6.07 Å². The van der Waals surface area contributed by atoms with Gasteiger partial charge in [0, 0.05) is 11.6 Å². The van der Waals surface area contributed by atoms with Crippen molar-refractivity contribution in [2.45, 2.75) is 19.4 Å². The van der Waals surface area contributed by atoms with Gasteiger partial charge in [-0.1, -0.05) is 6.92 Å². The van der Waals surface area contributed by atoms with Crippen LogP contribution in [0.3, 0.4) is 0 Å². The molecule has 1 atom stereocenters. The Bertz CT molecular complexity index is 579. The molecule has 1 unspecified atom stereocenters. The minimum absolute atomic E-state index is 0.381. The van der Waals surface area contributed by atoms with Crippen LogP contribution in [0.5, 0.6) is 0 Å². The van der Waals surface area contributed by atoms with E-state index in [2.05, 4.69) is 15.9 Å². The van der Waals surface area contributed by atoms with Gasteiger partial charge in [0.2, 0.25) is 0 Å². The second-order valence-corrected chi connectivity index (χ2v) is 4.66. The lowest BCUT2D eigenvalue weighted by molar-refractivity contribution is -0.140. The van der Waals surface area contributed by atoms with Crippen LogP contribution in [0.1, 0.15) is 19.4 Å². The number of carbonyl (C=O) groups is 1. The Morgan fingerprint density at radius 3 is 2.88 bits per heavy atom. The zero-order valence-corrected chi connectivity index (χ0v) is 10.7. The Morgan fingerprint density at radius 2 is 2.29 bits per heavy atom. The minimum Gasteiger partial charge on any atom is -0.480 e. The maximum absolute atomic E-state index is 13.5. The maximum Gasteiger partial charge on any atom is 0.326 e. The molecule has 90 valence electrons. The van der Waals surface area contributed by atoms with Gasteiger partial charge in [0.05, 0.1) is 9.99 Å². The molecule has 2 aromatic rings. The number of halogens is 2. The molecule has 2 rings (SSSR count). The second kappa shape index (κ2) is 4.49. The third kappa shape index (κ3) is 2.07. The van der Waals surface area contributed by atoms with E-state index in [0.717, 1.165) is 5.39 Å². The topological polar surface area (TPSA) is 42.2 Å². The summed E-state index contributed by atoms with van der Waals surface area (Å²) in [6.07, 6.45) is 2.13. The molecule has 1 heterocycles. The standard InChI is InChI=1S/C12H11BrFNO2/c1-2-10(12(16)17)15-4-3-7-5-8(13)9(14)6-11(7)15/h3-6,10H,2H2,1H3,(H,16,17). The molecule has 0 aliphatic rings. The molecule has 0 bridgehead atoms. The van der Waals surface area contributed by atoms with Gasteiger partial charge >= 0.3 is 5.97 Å². The van der Waals surface area contributed by atoms with Gasteiger partial charge in [-0.05, 0) is 40.5 Å². The van der Waals surface area contributed by atoms with Crippen LogP contribution in [-0.2, 0) is 4.79 Å². The number of fused-ring (bicyclic) bond motifs is 1. The molecule has 0 amide bonds. The highest BCUT2D eigenvalue weighted by molar-refractivity contribution is 9.10. The van der Waals surface area contributed by atoms with Crippen molar-refractivity contribution in [3.63, 3.8) is 0 Å². The van der Waals surface area contributed by atoms with Crippen molar-refractivity contribution in [3.05, 3.63) is 34.7 Å². The Labute approximate surface area is 106 Å². The van der Waals surface area contributed by atoms with Gasteiger partial charge in [0.15, 0.2) is 0 Å². The predicted octanol–water partition coefficient (Wildman–Crippen LogP) is 3.58. The molecular weight excluding hydrogens is 289 g/mol. The van der Waals surface area contributed by atoms with Gasteiger partial charge < -0.3 is 9.67 Å². The van der Waals surface area contributed by atoms with Gasteiger partial charge in [-0.3, -0.25) is 0 Å². The number of aromatic nitrogens is 1. The van der Waals surface area contributed by atoms with E-state index >= 15 is 0 Å². The van der Waals surface area contributed by atoms with Crippen molar-refractivity contribution >= 4 is 32.8 Å². The first-order chi connectivity index (χ1) is 8.04. The highest BCUT2D eigenvalue weighted by atomic mass is 79.9. The summed E-state index contributed by atoms with van der Waals surface area (Å²) in [4.78, 5) is 11.1. The van der Waals surface area contributed by atoms with Crippen molar-refractivity contribution < 1.29 is 14.3 Å². The zero-order chi connectivity index (χ0) is 12.6. The Kier molecular flexibility index (Phi) is 3.19. The lowest BCUT2D eigenvalue weighted by Gasteiger charge is -2.13. The molecule has 1 aromatic heterocycles. The largest absolute Gasteiger partial charge is 0.480 e. The van der Waals surface area contributed by atoms with Crippen molar-refractivity contribution in [2.24, 2.45) is 0 Å². The van der Waals surface area contributed by atoms with Crippen LogP contribution >= 0.6 is 15.9 Å². The number of rotatable bonds is 3. The van der Waals surface area contributed by atoms with Crippen LogP contribution in [0.2, 0.25) is 0 Å². The van der Waals surface area contributed by atoms with E-state index in [0.29, 0.717) is 16.4 Å². The van der Waals surface area contributed by atoms with E-state index in [1.54, 1.807) is 29.8 Å². The average Bonchev–Trinajstić information content (AvgIpc) is 2.63. The summed E-state index contributed by atoms with van der Waals surface area (Å²) in [7, 11) is 0. The number of nitrogens with zero attached hydrogens (tertiary/aromatic N) is 1. The number of aliphatic carboxylic acids is 1. The smallest absolute Gasteiger partial charge is 0.326 e. The van der Waals surface area contributed by atoms with Gasteiger partial charge in [0.1, 0.15) is 11.9 Å². The van der Waals surface area contributed by atoms with Crippen LogP contribution in [0.4, 0.5) is 4.39 Å². The first-order valence-corrected chi connectivity index (χ1v) is 6.02. The number of carboxylic acids is 1. The quantitative estimate of drug-likeness (QED) is 0.941. The van der Waals surface area contributed by atoms with Gasteiger partial charge in [-0.25, -0.2) is 9.18 Å². The van der Waals surface area contributed by atoms with E-state index in [-0.39, 0.29) is 0 Å². The fourth-order valence-electron chi connectivity index (χ4n) is 1.91. The minimum atomic E-state index is -0.909. The normalized spacial score (nSPS) is 12.9. The third-order valence-corrected chi connectivity index (χ3v) is 3.38. The molecule has 17 heavy (non-hydrogen) atoms. The van der Waals surface area contributed by atoms with E-state index in [9.17, 15) is 9.18 Å². The summed E-state index contributed by atoms with van der Waals surface area (Å²) in [5.74, 6) is -1.30. The predicted molar refractivity (Wildman–Crippen MR) is 66.6 cm³/mol. The molecule has 0 spiro atoms. The second-order valence-electron chi connectivity index (χ2n) is 3.81. The Hall–Kier alpha value is -1.36. The molecule has 1 N–H and O–H groups in total. The number of hydrogen-bond acceptors (Lipinski definition) is 1. The molecule has 0 aliphatic carbocycles. The van der Waals surface area contributed by atoms with E-state index < -0.39 is 17.8 Å². The summed E-state index contributed by atoms with van der Waals surface area (Å²) < 4.78 is 15.4. The highest BCUT2D eigenvalue weighted by Gasteiger charge is 2.19. The van der Waals surface area contributed by atoms with Crippen LogP contribution in [0.15, 0.2) is 28.9 Å². The highest BCUT2D eigenvalue weighted by Crippen LogP contribution is 2.27. The van der Waals surface area contributed by atoms with Crippen LogP contribution < -0.4 is 0 Å². The molecule has 0 fully saturated rings. The zero-order valence-electron chi connectivity index (χ0n) is 9.15. The van der Waals surface area contributed by atoms with Crippen molar-refractivity contribution in [3.8, 4) is 0 Å². The first kappa shape index (κ1) is 12.1. The summed E-state index contributed by atoms with van der Waals surface area (Å²) in [6, 6.07) is 4.12.